The van der Waals surface area contributed by atoms with Crippen LogP contribution < -0.4 is 10.5 Å². The number of ether oxygens (including phenoxy) is 1. The molecule has 0 aliphatic carbocycles. The Hall–Kier alpha value is -3.64. The summed E-state index contributed by atoms with van der Waals surface area (Å²) >= 11 is 0. The summed E-state index contributed by atoms with van der Waals surface area (Å²) in [6.45, 7) is 0.588. The molecule has 0 spiro atoms. The fourth-order valence-electron chi connectivity index (χ4n) is 3.47. The van der Waals surface area contributed by atoms with E-state index in [0.717, 1.165) is 33.2 Å². The Bertz CT molecular complexity index is 1220. The van der Waals surface area contributed by atoms with Crippen molar-refractivity contribution >= 4 is 16.9 Å². The van der Waals surface area contributed by atoms with Crippen LogP contribution in [0, 0.1) is 5.82 Å². The Morgan fingerprint density at radius 3 is 2.70 bits per heavy atom. The van der Waals surface area contributed by atoms with Gasteiger partial charge in [-0.3, -0.25) is 4.79 Å². The predicted molar refractivity (Wildman–Crippen MR) is 112 cm³/mol. The van der Waals surface area contributed by atoms with Gasteiger partial charge in [0.2, 0.25) is 0 Å². The standard InChI is InChI=1S/C24H20FNO4/c25-21-5-2-6-22(20(21)12-23(27)28)30-14-16-10-18-7-8-29-24(18)19(11-16)17-4-1-3-15(9-17)13-26/h1-11H,12-14,26H2,(H,27,28). The molecule has 0 radical (unpaired) electrons. The number of nitrogens with two attached hydrogens (primary N) is 1. The molecule has 30 heavy (non-hydrogen) atoms. The second kappa shape index (κ2) is 8.39. The molecule has 0 unspecified atom stereocenters. The van der Waals surface area contributed by atoms with E-state index in [2.05, 4.69) is 0 Å². The zero-order chi connectivity index (χ0) is 21.1. The largest absolute Gasteiger partial charge is 0.488 e. The van der Waals surface area contributed by atoms with Crippen molar-refractivity contribution in [3.8, 4) is 16.9 Å². The summed E-state index contributed by atoms with van der Waals surface area (Å²) in [5, 5.41) is 9.97. The van der Waals surface area contributed by atoms with E-state index in [1.807, 2.05) is 42.5 Å². The lowest BCUT2D eigenvalue weighted by Crippen LogP contribution is -2.06. The summed E-state index contributed by atoms with van der Waals surface area (Å²) in [7, 11) is 0. The maximum absolute atomic E-state index is 14.1. The summed E-state index contributed by atoms with van der Waals surface area (Å²) in [4.78, 5) is 11.1. The highest BCUT2D eigenvalue weighted by Gasteiger charge is 2.15. The summed E-state index contributed by atoms with van der Waals surface area (Å²) in [6.07, 6.45) is 1.18. The number of carboxylic acids is 1. The first-order valence-corrected chi connectivity index (χ1v) is 9.46. The maximum atomic E-state index is 14.1. The third-order valence-electron chi connectivity index (χ3n) is 4.88. The zero-order valence-electron chi connectivity index (χ0n) is 16.1. The van der Waals surface area contributed by atoms with Crippen molar-refractivity contribution in [3.63, 3.8) is 0 Å². The van der Waals surface area contributed by atoms with Crippen molar-refractivity contribution < 1.29 is 23.4 Å². The molecule has 0 aliphatic heterocycles. The van der Waals surface area contributed by atoms with Crippen LogP contribution in [0.1, 0.15) is 16.7 Å². The molecule has 1 aromatic heterocycles. The normalized spacial score (nSPS) is 11.0. The first kappa shape index (κ1) is 19.7. The molecule has 5 nitrogen and oxygen atoms in total. The van der Waals surface area contributed by atoms with Crippen LogP contribution in [0.4, 0.5) is 4.39 Å². The molecule has 0 fully saturated rings. The fraction of sp³-hybridized carbons (Fsp3) is 0.125. The number of carboxylic acid groups (broad SMARTS) is 1. The van der Waals surface area contributed by atoms with Crippen LogP contribution in [0.5, 0.6) is 5.75 Å². The first-order chi connectivity index (χ1) is 14.5. The van der Waals surface area contributed by atoms with Crippen molar-refractivity contribution in [3.05, 3.63) is 89.4 Å². The Kier molecular flexibility index (Phi) is 5.50. The Morgan fingerprint density at radius 1 is 1.07 bits per heavy atom. The van der Waals surface area contributed by atoms with Gasteiger partial charge in [-0.05, 0) is 53.1 Å². The first-order valence-electron chi connectivity index (χ1n) is 9.46. The van der Waals surface area contributed by atoms with Gasteiger partial charge in [0.05, 0.1) is 12.7 Å². The number of carbonyl (C=O) groups is 1. The van der Waals surface area contributed by atoms with E-state index < -0.39 is 18.2 Å². The van der Waals surface area contributed by atoms with Gasteiger partial charge in [0.25, 0.3) is 0 Å². The molecule has 4 rings (SSSR count). The Balaban J connectivity index is 1.68. The van der Waals surface area contributed by atoms with Gasteiger partial charge in [-0.2, -0.15) is 0 Å². The van der Waals surface area contributed by atoms with Crippen molar-refractivity contribution in [2.75, 3.05) is 0 Å². The van der Waals surface area contributed by atoms with Gasteiger partial charge in [0.1, 0.15) is 23.8 Å². The smallest absolute Gasteiger partial charge is 0.308 e. The van der Waals surface area contributed by atoms with Gasteiger partial charge in [0, 0.05) is 23.1 Å². The van der Waals surface area contributed by atoms with Crippen LogP contribution in [0.3, 0.4) is 0 Å². The molecule has 0 saturated heterocycles. The summed E-state index contributed by atoms with van der Waals surface area (Å²) in [5.74, 6) is -1.50. The predicted octanol–water partition coefficient (Wildman–Crippen LogP) is 4.90. The molecule has 6 heteroatoms. The van der Waals surface area contributed by atoms with Gasteiger partial charge in [-0.1, -0.05) is 24.3 Å². The fourth-order valence-corrected chi connectivity index (χ4v) is 3.47. The van der Waals surface area contributed by atoms with E-state index in [0.29, 0.717) is 6.54 Å². The second-order valence-electron chi connectivity index (χ2n) is 6.96. The lowest BCUT2D eigenvalue weighted by molar-refractivity contribution is -0.136. The number of hydrogen-bond donors (Lipinski definition) is 2. The van der Waals surface area contributed by atoms with Crippen LogP contribution in [-0.4, -0.2) is 11.1 Å². The molecule has 0 atom stereocenters. The molecule has 0 bridgehead atoms. The van der Waals surface area contributed by atoms with E-state index in [-0.39, 0.29) is 17.9 Å². The van der Waals surface area contributed by atoms with E-state index in [9.17, 15) is 9.18 Å². The number of aliphatic carboxylic acids is 1. The minimum Gasteiger partial charge on any atom is -0.488 e. The highest BCUT2D eigenvalue weighted by molar-refractivity contribution is 5.93. The maximum Gasteiger partial charge on any atom is 0.308 e. The zero-order valence-corrected chi connectivity index (χ0v) is 16.1. The van der Waals surface area contributed by atoms with Crippen molar-refractivity contribution in [2.45, 2.75) is 19.6 Å². The molecule has 0 amide bonds. The lowest BCUT2D eigenvalue weighted by atomic mass is 9.99. The highest BCUT2D eigenvalue weighted by Crippen LogP contribution is 2.32. The van der Waals surface area contributed by atoms with E-state index in [1.54, 1.807) is 12.3 Å². The quantitative estimate of drug-likeness (QED) is 0.457. The Morgan fingerprint density at radius 2 is 1.90 bits per heavy atom. The molecular weight excluding hydrogens is 385 g/mol. The molecule has 4 aromatic rings. The molecule has 152 valence electrons. The van der Waals surface area contributed by atoms with E-state index >= 15 is 0 Å². The number of benzene rings is 3. The average Bonchev–Trinajstić information content (AvgIpc) is 3.22. The molecule has 3 aromatic carbocycles. The third-order valence-corrected chi connectivity index (χ3v) is 4.88. The summed E-state index contributed by atoms with van der Waals surface area (Å²) in [5.41, 5.74) is 10.3. The van der Waals surface area contributed by atoms with Crippen LogP contribution in [0.25, 0.3) is 22.1 Å². The topological polar surface area (TPSA) is 85.7 Å². The van der Waals surface area contributed by atoms with Crippen LogP contribution in [0.15, 0.2) is 71.3 Å². The minimum atomic E-state index is -1.12. The summed E-state index contributed by atoms with van der Waals surface area (Å²) in [6, 6.07) is 18.0. The highest BCUT2D eigenvalue weighted by atomic mass is 19.1. The van der Waals surface area contributed by atoms with Crippen LogP contribution in [0.2, 0.25) is 0 Å². The van der Waals surface area contributed by atoms with Crippen molar-refractivity contribution in [1.29, 1.82) is 0 Å². The number of halogens is 1. The number of rotatable bonds is 7. The van der Waals surface area contributed by atoms with Crippen LogP contribution >= 0.6 is 0 Å². The third kappa shape index (κ3) is 4.04. The van der Waals surface area contributed by atoms with Gasteiger partial charge >= 0.3 is 5.97 Å². The Labute approximate surface area is 172 Å². The SMILES string of the molecule is NCc1cccc(-c2cc(COc3cccc(F)c3CC(=O)O)cc3ccoc23)c1. The molecule has 1 heterocycles. The lowest BCUT2D eigenvalue weighted by Gasteiger charge is -2.13. The molecule has 0 saturated carbocycles. The number of fused-ring (bicyclic) bond motifs is 1. The number of hydrogen-bond acceptors (Lipinski definition) is 4. The van der Waals surface area contributed by atoms with Crippen molar-refractivity contribution in [2.24, 2.45) is 5.73 Å². The molecule has 3 N–H and O–H groups in total. The minimum absolute atomic E-state index is 0.0326. The van der Waals surface area contributed by atoms with Gasteiger partial charge in [-0.25, -0.2) is 4.39 Å². The molecule has 0 aliphatic rings. The summed E-state index contributed by atoms with van der Waals surface area (Å²) < 4.78 is 25.6. The van der Waals surface area contributed by atoms with Crippen molar-refractivity contribution in [1.82, 2.24) is 0 Å². The van der Waals surface area contributed by atoms with Gasteiger partial charge < -0.3 is 20.0 Å². The van der Waals surface area contributed by atoms with E-state index in [4.69, 9.17) is 20.0 Å². The number of furan rings is 1. The second-order valence-corrected chi connectivity index (χ2v) is 6.96. The van der Waals surface area contributed by atoms with E-state index in [1.165, 1.54) is 12.1 Å². The average molecular weight is 405 g/mol. The van der Waals surface area contributed by atoms with Gasteiger partial charge in [0.15, 0.2) is 0 Å². The van der Waals surface area contributed by atoms with Gasteiger partial charge in [-0.15, -0.1) is 0 Å². The van der Waals surface area contributed by atoms with Crippen LogP contribution in [-0.2, 0) is 24.4 Å². The molecular formula is C24H20FNO4. The monoisotopic (exact) mass is 405 g/mol.